The number of furan rings is 1. The summed E-state index contributed by atoms with van der Waals surface area (Å²) in [4.78, 5) is 11.8. The third-order valence-corrected chi connectivity index (χ3v) is 2.23. The molecule has 0 unspecified atom stereocenters. The van der Waals surface area contributed by atoms with Crippen LogP contribution in [0.4, 0.5) is 0 Å². The molecule has 1 amide bonds. The molecule has 0 fully saturated rings. The van der Waals surface area contributed by atoms with E-state index in [1.807, 2.05) is 6.92 Å². The minimum atomic E-state index is -0.618. The standard InChI is InChI=1S/C11H17NO3/c1-7-5-15-8(2)9(7)10(14)12-11(3,4)6-13/h5,13H,6H2,1-4H3,(H,12,14). The molecule has 0 atom stereocenters. The first-order chi connectivity index (χ1) is 6.87. The van der Waals surface area contributed by atoms with Gasteiger partial charge >= 0.3 is 0 Å². The number of amides is 1. The van der Waals surface area contributed by atoms with Crippen molar-refractivity contribution in [1.82, 2.24) is 5.32 Å². The fourth-order valence-corrected chi connectivity index (χ4v) is 1.32. The molecule has 0 saturated carbocycles. The minimum absolute atomic E-state index is 0.102. The molecular weight excluding hydrogens is 194 g/mol. The average Bonchev–Trinajstić information content (AvgIpc) is 2.45. The van der Waals surface area contributed by atoms with Crippen LogP contribution in [-0.2, 0) is 0 Å². The highest BCUT2D eigenvalue weighted by molar-refractivity contribution is 5.96. The zero-order valence-electron chi connectivity index (χ0n) is 9.55. The number of carbonyl (C=O) groups excluding carboxylic acids is 1. The summed E-state index contributed by atoms with van der Waals surface area (Å²) < 4.78 is 5.14. The van der Waals surface area contributed by atoms with Crippen LogP contribution in [0.25, 0.3) is 0 Å². The summed E-state index contributed by atoms with van der Waals surface area (Å²) in [6, 6.07) is 0. The highest BCUT2D eigenvalue weighted by atomic mass is 16.3. The molecule has 0 radical (unpaired) electrons. The summed E-state index contributed by atoms with van der Waals surface area (Å²) in [5, 5.41) is 11.8. The molecule has 4 heteroatoms. The van der Waals surface area contributed by atoms with Gasteiger partial charge in [0.15, 0.2) is 0 Å². The maximum absolute atomic E-state index is 11.8. The maximum atomic E-state index is 11.8. The van der Waals surface area contributed by atoms with Crippen molar-refractivity contribution in [3.63, 3.8) is 0 Å². The Balaban J connectivity index is 2.87. The lowest BCUT2D eigenvalue weighted by Gasteiger charge is -2.23. The molecular formula is C11H17NO3. The lowest BCUT2D eigenvalue weighted by atomic mass is 10.1. The van der Waals surface area contributed by atoms with E-state index in [1.165, 1.54) is 0 Å². The largest absolute Gasteiger partial charge is 0.469 e. The number of aryl methyl sites for hydroxylation is 2. The minimum Gasteiger partial charge on any atom is -0.469 e. The fraction of sp³-hybridized carbons (Fsp3) is 0.545. The second-order valence-corrected chi connectivity index (χ2v) is 4.35. The molecule has 1 aromatic rings. The van der Waals surface area contributed by atoms with Gasteiger partial charge in [0.05, 0.1) is 24.0 Å². The Morgan fingerprint density at radius 1 is 1.53 bits per heavy atom. The predicted octanol–water partition coefficient (Wildman–Crippen LogP) is 1.40. The van der Waals surface area contributed by atoms with E-state index in [1.54, 1.807) is 27.0 Å². The van der Waals surface area contributed by atoms with Gasteiger partial charge in [-0.15, -0.1) is 0 Å². The van der Waals surface area contributed by atoms with E-state index in [2.05, 4.69) is 5.32 Å². The van der Waals surface area contributed by atoms with E-state index < -0.39 is 5.54 Å². The molecule has 4 nitrogen and oxygen atoms in total. The summed E-state index contributed by atoms with van der Waals surface area (Å²) in [5.74, 6) is 0.386. The Bertz CT molecular complexity index is 346. The second-order valence-electron chi connectivity index (χ2n) is 4.35. The number of aliphatic hydroxyl groups is 1. The van der Waals surface area contributed by atoms with Crippen LogP contribution in [0, 0.1) is 13.8 Å². The van der Waals surface area contributed by atoms with Crippen molar-refractivity contribution in [1.29, 1.82) is 0 Å². The van der Waals surface area contributed by atoms with Gasteiger partial charge in [0.1, 0.15) is 5.76 Å². The van der Waals surface area contributed by atoms with Gasteiger partial charge in [0, 0.05) is 5.56 Å². The predicted molar refractivity (Wildman–Crippen MR) is 56.8 cm³/mol. The van der Waals surface area contributed by atoms with Gasteiger partial charge in [0.2, 0.25) is 0 Å². The van der Waals surface area contributed by atoms with Gasteiger partial charge in [-0.05, 0) is 27.7 Å². The second kappa shape index (κ2) is 4.06. The molecule has 2 N–H and O–H groups in total. The zero-order chi connectivity index (χ0) is 11.6. The molecule has 1 heterocycles. The molecule has 84 valence electrons. The van der Waals surface area contributed by atoms with Crippen molar-refractivity contribution in [3.05, 3.63) is 23.2 Å². The third-order valence-electron chi connectivity index (χ3n) is 2.23. The van der Waals surface area contributed by atoms with E-state index in [0.717, 1.165) is 5.56 Å². The van der Waals surface area contributed by atoms with Crippen LogP contribution in [-0.4, -0.2) is 23.2 Å². The van der Waals surface area contributed by atoms with Crippen molar-refractivity contribution in [2.75, 3.05) is 6.61 Å². The number of hydrogen-bond acceptors (Lipinski definition) is 3. The molecule has 0 aliphatic carbocycles. The molecule has 0 saturated heterocycles. The molecule has 0 aromatic carbocycles. The Morgan fingerprint density at radius 3 is 2.53 bits per heavy atom. The highest BCUT2D eigenvalue weighted by Gasteiger charge is 2.23. The molecule has 1 aromatic heterocycles. The highest BCUT2D eigenvalue weighted by Crippen LogP contribution is 2.16. The van der Waals surface area contributed by atoms with Gasteiger partial charge in [-0.1, -0.05) is 0 Å². The van der Waals surface area contributed by atoms with Gasteiger partial charge < -0.3 is 14.8 Å². The summed E-state index contributed by atoms with van der Waals surface area (Å²) in [5.41, 5.74) is 0.739. The number of hydrogen-bond donors (Lipinski definition) is 2. The van der Waals surface area contributed by atoms with Crippen LogP contribution < -0.4 is 5.32 Å². The van der Waals surface area contributed by atoms with Gasteiger partial charge in [-0.25, -0.2) is 0 Å². The number of rotatable bonds is 3. The first-order valence-corrected chi connectivity index (χ1v) is 4.85. The number of carbonyl (C=O) groups is 1. The quantitative estimate of drug-likeness (QED) is 0.794. The third kappa shape index (κ3) is 2.59. The van der Waals surface area contributed by atoms with Crippen LogP contribution in [0.1, 0.15) is 35.5 Å². The summed E-state index contributed by atoms with van der Waals surface area (Å²) in [7, 11) is 0. The van der Waals surface area contributed by atoms with E-state index in [-0.39, 0.29) is 12.5 Å². The van der Waals surface area contributed by atoms with Crippen LogP contribution in [0.3, 0.4) is 0 Å². The van der Waals surface area contributed by atoms with Gasteiger partial charge in [-0.3, -0.25) is 4.79 Å². The number of aliphatic hydroxyl groups excluding tert-OH is 1. The summed E-state index contributed by atoms with van der Waals surface area (Å²) >= 11 is 0. The molecule has 1 rings (SSSR count). The summed E-state index contributed by atoms with van der Waals surface area (Å²) in [6.07, 6.45) is 1.55. The lowest BCUT2D eigenvalue weighted by Crippen LogP contribution is -2.46. The smallest absolute Gasteiger partial charge is 0.255 e. The molecule has 0 spiro atoms. The topological polar surface area (TPSA) is 62.5 Å². The molecule has 0 bridgehead atoms. The monoisotopic (exact) mass is 211 g/mol. The Labute approximate surface area is 89.3 Å². The Morgan fingerprint density at radius 2 is 2.13 bits per heavy atom. The van der Waals surface area contributed by atoms with E-state index in [4.69, 9.17) is 9.52 Å². The summed E-state index contributed by atoms with van der Waals surface area (Å²) in [6.45, 7) is 6.98. The van der Waals surface area contributed by atoms with Crippen LogP contribution in [0.2, 0.25) is 0 Å². The Kier molecular flexibility index (Phi) is 3.19. The first-order valence-electron chi connectivity index (χ1n) is 4.85. The number of nitrogens with one attached hydrogen (secondary N) is 1. The first kappa shape index (κ1) is 11.8. The van der Waals surface area contributed by atoms with E-state index in [9.17, 15) is 4.79 Å². The zero-order valence-corrected chi connectivity index (χ0v) is 9.55. The van der Waals surface area contributed by atoms with Crippen molar-refractivity contribution in [3.8, 4) is 0 Å². The fourth-order valence-electron chi connectivity index (χ4n) is 1.32. The molecule has 0 aliphatic heterocycles. The van der Waals surface area contributed by atoms with Crippen LogP contribution in [0.5, 0.6) is 0 Å². The van der Waals surface area contributed by atoms with E-state index >= 15 is 0 Å². The van der Waals surface area contributed by atoms with E-state index in [0.29, 0.717) is 11.3 Å². The van der Waals surface area contributed by atoms with Crippen molar-refractivity contribution in [2.45, 2.75) is 33.2 Å². The van der Waals surface area contributed by atoms with Crippen LogP contribution in [0.15, 0.2) is 10.7 Å². The van der Waals surface area contributed by atoms with Crippen molar-refractivity contribution < 1.29 is 14.3 Å². The van der Waals surface area contributed by atoms with Crippen molar-refractivity contribution in [2.24, 2.45) is 0 Å². The Hall–Kier alpha value is -1.29. The molecule has 15 heavy (non-hydrogen) atoms. The average molecular weight is 211 g/mol. The van der Waals surface area contributed by atoms with Crippen LogP contribution >= 0.6 is 0 Å². The SMILES string of the molecule is Cc1coc(C)c1C(=O)NC(C)(C)CO. The lowest BCUT2D eigenvalue weighted by molar-refractivity contribution is 0.0867. The maximum Gasteiger partial charge on any atom is 0.255 e. The van der Waals surface area contributed by atoms with Gasteiger partial charge in [-0.2, -0.15) is 0 Å². The van der Waals surface area contributed by atoms with Crippen molar-refractivity contribution >= 4 is 5.91 Å². The normalized spacial score (nSPS) is 11.5. The molecule has 0 aliphatic rings. The van der Waals surface area contributed by atoms with Gasteiger partial charge in [0.25, 0.3) is 5.91 Å².